The van der Waals surface area contributed by atoms with E-state index in [4.69, 9.17) is 0 Å². The van der Waals surface area contributed by atoms with E-state index in [9.17, 15) is 0 Å². The molecule has 0 aliphatic rings. The molecule has 0 radical (unpaired) electrons. The van der Waals surface area contributed by atoms with Crippen molar-refractivity contribution in [2.45, 2.75) is 33.2 Å². The first-order valence-corrected chi connectivity index (χ1v) is 7.89. The maximum Gasteiger partial charge on any atom is 0.135 e. The summed E-state index contributed by atoms with van der Waals surface area (Å²) in [5.74, 6) is 3.07. The lowest BCUT2D eigenvalue weighted by Gasteiger charge is -2.20. The molecule has 0 aliphatic carbocycles. The highest BCUT2D eigenvalue weighted by molar-refractivity contribution is 7.07. The Balaban J connectivity index is 2.24. The van der Waals surface area contributed by atoms with Crippen molar-refractivity contribution in [2.75, 3.05) is 23.8 Å². The van der Waals surface area contributed by atoms with Crippen LogP contribution in [0.15, 0.2) is 22.9 Å². The number of anilines is 2. The molecule has 0 amide bonds. The van der Waals surface area contributed by atoms with Gasteiger partial charge in [-0.15, -0.1) is 0 Å². The molecule has 0 aromatic carbocycles. The van der Waals surface area contributed by atoms with Gasteiger partial charge in [-0.05, 0) is 29.3 Å². The molecule has 0 unspecified atom stereocenters. The fourth-order valence-electron chi connectivity index (χ4n) is 1.92. The van der Waals surface area contributed by atoms with Crippen molar-refractivity contribution >= 4 is 23.0 Å². The zero-order chi connectivity index (χ0) is 14.5. The molecule has 0 bridgehead atoms. The van der Waals surface area contributed by atoms with E-state index in [-0.39, 0.29) is 0 Å². The number of nitrogens with zero attached hydrogens (tertiary/aromatic N) is 3. The van der Waals surface area contributed by atoms with Crippen molar-refractivity contribution in [3.05, 3.63) is 34.3 Å². The second-order valence-electron chi connectivity index (χ2n) is 5.14. The molecule has 2 heterocycles. The van der Waals surface area contributed by atoms with Crippen molar-refractivity contribution in [1.29, 1.82) is 0 Å². The van der Waals surface area contributed by atoms with E-state index in [0.717, 1.165) is 30.5 Å². The maximum atomic E-state index is 4.67. The summed E-state index contributed by atoms with van der Waals surface area (Å²) < 4.78 is 0. The fourth-order valence-corrected chi connectivity index (χ4v) is 2.58. The van der Waals surface area contributed by atoms with E-state index in [1.807, 2.05) is 6.07 Å². The first-order valence-electron chi connectivity index (χ1n) is 6.95. The van der Waals surface area contributed by atoms with Gasteiger partial charge in [-0.1, -0.05) is 13.8 Å². The highest BCUT2D eigenvalue weighted by atomic mass is 32.1. The molecule has 108 valence electrons. The summed E-state index contributed by atoms with van der Waals surface area (Å²) in [5, 5.41) is 7.56. The quantitative estimate of drug-likeness (QED) is 0.880. The largest absolute Gasteiger partial charge is 0.370 e. The monoisotopic (exact) mass is 290 g/mol. The SMILES string of the molecule is CCNc1cc(N(C)Cc2ccsc2)nc(C(C)C)n1. The topological polar surface area (TPSA) is 41.0 Å². The second-order valence-corrected chi connectivity index (χ2v) is 5.92. The predicted octanol–water partition coefficient (Wildman–Crippen LogP) is 3.73. The van der Waals surface area contributed by atoms with Crippen molar-refractivity contribution in [3.8, 4) is 0 Å². The Bertz CT molecular complexity index is 537. The molecule has 0 aliphatic heterocycles. The Kier molecular flexibility index (Phi) is 4.95. The molecule has 0 saturated heterocycles. The van der Waals surface area contributed by atoms with Crippen LogP contribution in [-0.4, -0.2) is 23.6 Å². The minimum Gasteiger partial charge on any atom is -0.370 e. The van der Waals surface area contributed by atoms with Gasteiger partial charge in [-0.25, -0.2) is 9.97 Å². The van der Waals surface area contributed by atoms with E-state index in [1.165, 1.54) is 5.56 Å². The molecular weight excluding hydrogens is 268 g/mol. The van der Waals surface area contributed by atoms with Crippen LogP contribution in [0.3, 0.4) is 0 Å². The van der Waals surface area contributed by atoms with Gasteiger partial charge < -0.3 is 10.2 Å². The van der Waals surface area contributed by atoms with Gasteiger partial charge >= 0.3 is 0 Å². The molecule has 5 heteroatoms. The normalized spacial score (nSPS) is 10.8. The van der Waals surface area contributed by atoms with Gasteiger partial charge in [0, 0.05) is 32.1 Å². The van der Waals surface area contributed by atoms with E-state index in [2.05, 4.69) is 64.8 Å². The molecular formula is C15H22N4S. The third-order valence-corrected chi connectivity index (χ3v) is 3.73. The average molecular weight is 290 g/mol. The molecule has 4 nitrogen and oxygen atoms in total. The predicted molar refractivity (Wildman–Crippen MR) is 86.7 cm³/mol. The molecule has 2 aromatic heterocycles. The summed E-state index contributed by atoms with van der Waals surface area (Å²) in [6.07, 6.45) is 0. The van der Waals surface area contributed by atoms with Crippen LogP contribution in [0.5, 0.6) is 0 Å². The van der Waals surface area contributed by atoms with Crippen LogP contribution in [0.4, 0.5) is 11.6 Å². The van der Waals surface area contributed by atoms with Crippen LogP contribution in [0, 0.1) is 0 Å². The Morgan fingerprint density at radius 1 is 1.35 bits per heavy atom. The minimum absolute atomic E-state index is 0.321. The average Bonchev–Trinajstić information content (AvgIpc) is 2.91. The summed E-state index contributed by atoms with van der Waals surface area (Å²) in [7, 11) is 2.07. The van der Waals surface area contributed by atoms with Crippen molar-refractivity contribution < 1.29 is 0 Å². The molecule has 1 N–H and O–H groups in total. The van der Waals surface area contributed by atoms with Crippen LogP contribution >= 0.6 is 11.3 Å². The zero-order valence-corrected chi connectivity index (χ0v) is 13.4. The van der Waals surface area contributed by atoms with Crippen molar-refractivity contribution in [1.82, 2.24) is 9.97 Å². The molecule has 2 aromatic rings. The highest BCUT2D eigenvalue weighted by Gasteiger charge is 2.11. The number of hydrogen-bond donors (Lipinski definition) is 1. The van der Waals surface area contributed by atoms with Crippen LogP contribution < -0.4 is 10.2 Å². The molecule has 0 atom stereocenters. The Hall–Kier alpha value is -1.62. The summed E-state index contributed by atoms with van der Waals surface area (Å²) in [4.78, 5) is 11.4. The summed E-state index contributed by atoms with van der Waals surface area (Å²) in [6.45, 7) is 8.04. The van der Waals surface area contributed by atoms with Crippen molar-refractivity contribution in [3.63, 3.8) is 0 Å². The molecule has 2 rings (SSSR count). The number of aromatic nitrogens is 2. The number of rotatable bonds is 6. The van der Waals surface area contributed by atoms with Gasteiger partial charge in [0.05, 0.1) is 0 Å². The van der Waals surface area contributed by atoms with Crippen molar-refractivity contribution in [2.24, 2.45) is 0 Å². The first-order chi connectivity index (χ1) is 9.60. The van der Waals surface area contributed by atoms with Gasteiger partial charge in [0.2, 0.25) is 0 Å². The summed E-state index contributed by atoms with van der Waals surface area (Å²) in [6, 6.07) is 4.17. The van der Waals surface area contributed by atoms with Gasteiger partial charge in [-0.2, -0.15) is 11.3 Å². The lowest BCUT2D eigenvalue weighted by molar-refractivity contribution is 0.763. The van der Waals surface area contributed by atoms with E-state index < -0.39 is 0 Å². The van der Waals surface area contributed by atoms with Gasteiger partial charge in [-0.3, -0.25) is 0 Å². The van der Waals surface area contributed by atoms with Gasteiger partial charge in [0.25, 0.3) is 0 Å². The van der Waals surface area contributed by atoms with Crippen LogP contribution in [0.25, 0.3) is 0 Å². The van der Waals surface area contributed by atoms with Gasteiger partial charge in [0.1, 0.15) is 17.5 Å². The lowest BCUT2D eigenvalue weighted by Crippen LogP contribution is -2.19. The Morgan fingerprint density at radius 3 is 2.75 bits per heavy atom. The zero-order valence-electron chi connectivity index (χ0n) is 12.6. The Labute approximate surface area is 124 Å². The van der Waals surface area contributed by atoms with Gasteiger partial charge in [0.15, 0.2) is 0 Å². The first kappa shape index (κ1) is 14.8. The molecule has 0 saturated carbocycles. The number of nitrogens with one attached hydrogen (secondary N) is 1. The minimum atomic E-state index is 0.321. The lowest BCUT2D eigenvalue weighted by atomic mass is 10.2. The summed E-state index contributed by atoms with van der Waals surface area (Å²) in [5.41, 5.74) is 1.31. The molecule has 0 spiro atoms. The smallest absolute Gasteiger partial charge is 0.135 e. The molecule has 0 fully saturated rings. The number of thiophene rings is 1. The Morgan fingerprint density at radius 2 is 2.15 bits per heavy atom. The number of hydrogen-bond acceptors (Lipinski definition) is 5. The standard InChI is InChI=1S/C15H22N4S/c1-5-16-13-8-14(18-15(17-13)11(2)3)19(4)9-12-6-7-20-10-12/h6-8,10-11H,5,9H2,1-4H3,(H,16,17,18). The van der Waals surface area contributed by atoms with E-state index >= 15 is 0 Å². The second kappa shape index (κ2) is 6.70. The highest BCUT2D eigenvalue weighted by Crippen LogP contribution is 2.21. The van der Waals surface area contributed by atoms with E-state index in [1.54, 1.807) is 11.3 Å². The van der Waals surface area contributed by atoms with Crippen LogP contribution in [-0.2, 0) is 6.54 Å². The molecule has 20 heavy (non-hydrogen) atoms. The van der Waals surface area contributed by atoms with E-state index in [0.29, 0.717) is 5.92 Å². The van der Waals surface area contributed by atoms with Crippen LogP contribution in [0.2, 0.25) is 0 Å². The fraction of sp³-hybridized carbons (Fsp3) is 0.467. The third kappa shape index (κ3) is 3.70. The third-order valence-electron chi connectivity index (χ3n) is 3.00. The maximum absolute atomic E-state index is 4.67. The van der Waals surface area contributed by atoms with Crippen LogP contribution in [0.1, 0.15) is 38.1 Å². The summed E-state index contributed by atoms with van der Waals surface area (Å²) >= 11 is 1.72.